The molecular weight excluding hydrogens is 372 g/mol. The molecule has 1 unspecified atom stereocenters. The fourth-order valence-corrected chi connectivity index (χ4v) is 3.49. The molecule has 0 aromatic heterocycles. The van der Waals surface area contributed by atoms with E-state index in [4.69, 9.17) is 4.74 Å². The van der Waals surface area contributed by atoms with Gasteiger partial charge in [-0.15, -0.1) is 0 Å². The highest BCUT2D eigenvalue weighted by Crippen LogP contribution is 2.16. The third-order valence-corrected chi connectivity index (χ3v) is 5.12. The summed E-state index contributed by atoms with van der Waals surface area (Å²) >= 11 is 0. The van der Waals surface area contributed by atoms with Crippen LogP contribution in [0.5, 0.6) is 0 Å². The van der Waals surface area contributed by atoms with Crippen molar-refractivity contribution < 1.29 is 19.1 Å². The third-order valence-electron chi connectivity index (χ3n) is 5.12. The molecule has 1 heterocycles. The lowest BCUT2D eigenvalue weighted by Crippen LogP contribution is -2.57. The van der Waals surface area contributed by atoms with Crippen molar-refractivity contribution in [1.82, 2.24) is 19.6 Å². The van der Waals surface area contributed by atoms with Crippen LogP contribution in [-0.2, 0) is 14.3 Å². The number of nitrogens with zero attached hydrogens (tertiary/aromatic N) is 4. The van der Waals surface area contributed by atoms with Gasteiger partial charge in [-0.25, -0.2) is 4.79 Å². The maximum absolute atomic E-state index is 13.1. The molecule has 3 amide bonds. The van der Waals surface area contributed by atoms with Crippen LogP contribution in [0.4, 0.5) is 4.79 Å². The molecular formula is C21H40N4O4. The van der Waals surface area contributed by atoms with E-state index >= 15 is 0 Å². The third kappa shape index (κ3) is 7.84. The lowest BCUT2D eigenvalue weighted by atomic mass is 10.1. The number of amides is 3. The van der Waals surface area contributed by atoms with E-state index in [0.717, 1.165) is 12.8 Å². The number of carbonyl (C=O) groups is 3. The highest BCUT2D eigenvalue weighted by Gasteiger charge is 2.33. The molecule has 0 spiro atoms. The van der Waals surface area contributed by atoms with E-state index in [0.29, 0.717) is 39.3 Å². The van der Waals surface area contributed by atoms with Crippen LogP contribution < -0.4 is 0 Å². The average molecular weight is 413 g/mol. The Labute approximate surface area is 176 Å². The average Bonchev–Trinajstić information content (AvgIpc) is 2.65. The van der Waals surface area contributed by atoms with E-state index < -0.39 is 5.60 Å². The Morgan fingerprint density at radius 1 is 1.00 bits per heavy atom. The number of ether oxygens (including phenoxy) is 1. The van der Waals surface area contributed by atoms with Gasteiger partial charge < -0.3 is 19.4 Å². The smallest absolute Gasteiger partial charge is 0.410 e. The Kier molecular flexibility index (Phi) is 9.89. The maximum atomic E-state index is 13.1. The summed E-state index contributed by atoms with van der Waals surface area (Å²) in [5, 5.41) is 0. The first kappa shape index (κ1) is 25.2. The van der Waals surface area contributed by atoms with Gasteiger partial charge in [-0.05, 0) is 41.0 Å². The zero-order chi connectivity index (χ0) is 22.2. The molecule has 0 radical (unpaired) electrons. The van der Waals surface area contributed by atoms with Gasteiger partial charge in [0.25, 0.3) is 0 Å². The summed E-state index contributed by atoms with van der Waals surface area (Å²) in [4.78, 5) is 44.8. The van der Waals surface area contributed by atoms with E-state index in [9.17, 15) is 14.4 Å². The Balaban J connectivity index is 2.69. The summed E-state index contributed by atoms with van der Waals surface area (Å²) in [5.41, 5.74) is -0.519. The highest BCUT2D eigenvalue weighted by molar-refractivity contribution is 5.87. The monoisotopic (exact) mass is 412 g/mol. The van der Waals surface area contributed by atoms with Crippen LogP contribution in [0.15, 0.2) is 0 Å². The standard InChI is InChI=1S/C21H40N4O4/c1-8-11-17(19(27)22(7)16-18(26)23(9-2)10-3)24-12-14-25(15-13-24)20(28)29-21(4,5)6/h17H,8-16H2,1-7H3. The van der Waals surface area contributed by atoms with Crippen molar-refractivity contribution >= 4 is 17.9 Å². The van der Waals surface area contributed by atoms with Gasteiger partial charge in [-0.2, -0.15) is 0 Å². The quantitative estimate of drug-likeness (QED) is 0.610. The topological polar surface area (TPSA) is 73.4 Å². The van der Waals surface area contributed by atoms with Crippen molar-refractivity contribution in [3.63, 3.8) is 0 Å². The van der Waals surface area contributed by atoms with Crippen molar-refractivity contribution in [2.45, 2.75) is 66.0 Å². The summed E-state index contributed by atoms with van der Waals surface area (Å²) in [5.74, 6) is -0.0612. The van der Waals surface area contributed by atoms with Crippen molar-refractivity contribution in [1.29, 1.82) is 0 Å². The first-order valence-corrected chi connectivity index (χ1v) is 10.8. The molecule has 1 aliphatic heterocycles. The molecule has 0 bridgehead atoms. The second-order valence-corrected chi connectivity index (χ2v) is 8.57. The second kappa shape index (κ2) is 11.4. The fraction of sp³-hybridized carbons (Fsp3) is 0.857. The van der Waals surface area contributed by atoms with E-state index in [1.165, 1.54) is 0 Å². The molecule has 1 rings (SSSR count). The summed E-state index contributed by atoms with van der Waals surface area (Å²) in [7, 11) is 1.70. The minimum Gasteiger partial charge on any atom is -0.444 e. The summed E-state index contributed by atoms with van der Waals surface area (Å²) in [6, 6.07) is -0.268. The van der Waals surface area contributed by atoms with Gasteiger partial charge in [0.1, 0.15) is 5.60 Å². The summed E-state index contributed by atoms with van der Waals surface area (Å²) < 4.78 is 5.44. The molecule has 1 aliphatic rings. The predicted molar refractivity (Wildman–Crippen MR) is 114 cm³/mol. The van der Waals surface area contributed by atoms with E-state index in [2.05, 4.69) is 11.8 Å². The highest BCUT2D eigenvalue weighted by atomic mass is 16.6. The zero-order valence-electron chi connectivity index (χ0n) is 19.4. The SMILES string of the molecule is CCCC(C(=O)N(C)CC(=O)N(CC)CC)N1CCN(C(=O)OC(C)(C)C)CC1. The van der Waals surface area contributed by atoms with Crippen LogP contribution in [0.25, 0.3) is 0 Å². The molecule has 29 heavy (non-hydrogen) atoms. The van der Waals surface area contributed by atoms with Gasteiger partial charge in [0.15, 0.2) is 0 Å². The number of piperazine rings is 1. The molecule has 0 aromatic carbocycles. The minimum atomic E-state index is -0.519. The first-order valence-electron chi connectivity index (χ1n) is 10.8. The molecule has 0 aliphatic carbocycles. The number of likely N-dealkylation sites (N-methyl/N-ethyl adjacent to an activating group) is 2. The lowest BCUT2D eigenvalue weighted by molar-refractivity contribution is -0.143. The normalized spacial score (nSPS) is 16.3. The first-order chi connectivity index (χ1) is 13.5. The van der Waals surface area contributed by atoms with Gasteiger partial charge in [0.2, 0.25) is 11.8 Å². The molecule has 8 nitrogen and oxygen atoms in total. The van der Waals surface area contributed by atoms with Crippen LogP contribution in [0.2, 0.25) is 0 Å². The number of hydrogen-bond acceptors (Lipinski definition) is 5. The van der Waals surface area contributed by atoms with Crippen LogP contribution in [0.3, 0.4) is 0 Å². The van der Waals surface area contributed by atoms with Crippen LogP contribution in [-0.4, -0.2) is 102 Å². The number of hydrogen-bond donors (Lipinski definition) is 0. The maximum Gasteiger partial charge on any atom is 0.410 e. The molecule has 1 fully saturated rings. The van der Waals surface area contributed by atoms with Gasteiger partial charge >= 0.3 is 6.09 Å². The van der Waals surface area contributed by atoms with E-state index in [-0.39, 0.29) is 30.5 Å². The molecule has 1 atom stereocenters. The zero-order valence-corrected chi connectivity index (χ0v) is 19.4. The van der Waals surface area contributed by atoms with Gasteiger partial charge in [0, 0.05) is 46.3 Å². The van der Waals surface area contributed by atoms with Crippen LogP contribution in [0, 0.1) is 0 Å². The Morgan fingerprint density at radius 2 is 1.55 bits per heavy atom. The molecule has 168 valence electrons. The Bertz CT molecular complexity index is 549. The minimum absolute atomic E-state index is 0.0296. The predicted octanol–water partition coefficient (Wildman–Crippen LogP) is 2.03. The molecule has 0 saturated carbocycles. The summed E-state index contributed by atoms with van der Waals surface area (Å²) in [6.07, 6.45) is 1.30. The molecule has 0 aromatic rings. The molecule has 0 N–H and O–H groups in total. The second-order valence-electron chi connectivity index (χ2n) is 8.57. The number of carbonyl (C=O) groups excluding carboxylic acids is 3. The molecule has 8 heteroatoms. The van der Waals surface area contributed by atoms with E-state index in [1.54, 1.807) is 21.7 Å². The van der Waals surface area contributed by atoms with Crippen LogP contribution in [0.1, 0.15) is 54.4 Å². The van der Waals surface area contributed by atoms with Crippen molar-refractivity contribution in [3.8, 4) is 0 Å². The van der Waals surface area contributed by atoms with Crippen molar-refractivity contribution in [2.75, 3.05) is 52.9 Å². The molecule has 1 saturated heterocycles. The van der Waals surface area contributed by atoms with Gasteiger partial charge in [0.05, 0.1) is 12.6 Å². The van der Waals surface area contributed by atoms with Gasteiger partial charge in [-0.1, -0.05) is 13.3 Å². The van der Waals surface area contributed by atoms with E-state index in [1.807, 2.05) is 34.6 Å². The van der Waals surface area contributed by atoms with Crippen molar-refractivity contribution in [2.24, 2.45) is 0 Å². The van der Waals surface area contributed by atoms with Crippen LogP contribution >= 0.6 is 0 Å². The largest absolute Gasteiger partial charge is 0.444 e. The summed E-state index contributed by atoms with van der Waals surface area (Å²) in [6.45, 7) is 15.2. The van der Waals surface area contributed by atoms with Crippen molar-refractivity contribution in [3.05, 3.63) is 0 Å². The van der Waals surface area contributed by atoms with Gasteiger partial charge in [-0.3, -0.25) is 14.5 Å². The number of rotatable bonds is 8. The Morgan fingerprint density at radius 3 is 2.00 bits per heavy atom. The lowest BCUT2D eigenvalue weighted by Gasteiger charge is -2.40. The fourth-order valence-electron chi connectivity index (χ4n) is 3.49. The Hall–Kier alpha value is -1.83.